The van der Waals surface area contributed by atoms with Crippen LogP contribution in [0.1, 0.15) is 277 Å². The molecule has 0 aliphatic carbocycles. The van der Waals surface area contributed by atoms with Crippen molar-refractivity contribution >= 4 is 11.9 Å². The lowest BCUT2D eigenvalue weighted by Gasteiger charge is -2.22. The quantitative estimate of drug-likeness (QED) is 0.0323. The highest BCUT2D eigenvalue weighted by molar-refractivity contribution is 5.76. The van der Waals surface area contributed by atoms with Crippen LogP contribution in [0.15, 0.2) is 12.2 Å². The van der Waals surface area contributed by atoms with E-state index in [2.05, 4.69) is 31.3 Å². The summed E-state index contributed by atoms with van der Waals surface area (Å²) in [6.45, 7) is 4.91. The number of aliphatic hydroxyl groups excluding tert-OH is 2. The number of unbranched alkanes of at least 4 members (excludes halogenated alkanes) is 34. The van der Waals surface area contributed by atoms with Crippen molar-refractivity contribution in [2.75, 3.05) is 13.2 Å². The molecule has 0 saturated heterocycles. The molecule has 0 bridgehead atoms. The second-order valence-corrected chi connectivity index (χ2v) is 17.5. The molecule has 0 aromatic rings. The lowest BCUT2D eigenvalue weighted by Crippen LogP contribution is -2.45. The lowest BCUT2D eigenvalue weighted by atomic mass is 10.0. The minimum atomic E-state index is -0.666. The number of allylic oxidation sites excluding steroid dienone is 2. The summed E-state index contributed by atoms with van der Waals surface area (Å²) in [7, 11) is 0. The molecule has 6 heteroatoms. The number of hydrogen-bond donors (Lipinski definition) is 3. The number of carbonyl (C=O) groups excluding carboxylic acids is 2. The van der Waals surface area contributed by atoms with Crippen LogP contribution >= 0.6 is 0 Å². The number of aliphatic hydroxyl groups is 2. The van der Waals surface area contributed by atoms with Gasteiger partial charge < -0.3 is 20.3 Å². The van der Waals surface area contributed by atoms with Crippen molar-refractivity contribution in [2.45, 2.75) is 289 Å². The summed E-state index contributed by atoms with van der Waals surface area (Å²) in [6, 6.07) is -0.544. The standard InChI is InChI=1S/C51H99NO5/c1-3-5-7-9-11-13-15-16-22-25-29-33-37-41-45-51(56)57-46-42-38-34-30-26-23-20-18-17-19-21-24-28-32-36-40-44-50(55)52-48(47-53)49(54)43-39-35-31-27-14-12-10-8-6-4-2/h15-16,48-49,53-54H,3-14,17-47H2,1-2H3,(H,52,55)/b16-15-. The molecule has 2 atom stereocenters. The fraction of sp³-hybridized carbons (Fsp3) is 0.922. The highest BCUT2D eigenvalue weighted by Crippen LogP contribution is 2.16. The molecule has 0 fully saturated rings. The van der Waals surface area contributed by atoms with E-state index in [1.165, 1.54) is 199 Å². The molecule has 57 heavy (non-hydrogen) atoms. The Morgan fingerprint density at radius 1 is 0.474 bits per heavy atom. The largest absolute Gasteiger partial charge is 0.466 e. The monoisotopic (exact) mass is 806 g/mol. The van der Waals surface area contributed by atoms with E-state index >= 15 is 0 Å². The third kappa shape index (κ3) is 44.0. The lowest BCUT2D eigenvalue weighted by molar-refractivity contribution is -0.143. The summed E-state index contributed by atoms with van der Waals surface area (Å²) in [5.74, 6) is -0.0489. The molecular weight excluding hydrogens is 707 g/mol. The van der Waals surface area contributed by atoms with Crippen molar-refractivity contribution in [2.24, 2.45) is 0 Å². The average Bonchev–Trinajstić information content (AvgIpc) is 3.21. The third-order valence-corrected chi connectivity index (χ3v) is 11.8. The summed E-state index contributed by atoms with van der Waals surface area (Å²) < 4.78 is 5.46. The number of ether oxygens (including phenoxy) is 1. The Balaban J connectivity index is 3.40. The van der Waals surface area contributed by atoms with Gasteiger partial charge in [0.25, 0.3) is 0 Å². The van der Waals surface area contributed by atoms with Gasteiger partial charge in [0, 0.05) is 12.8 Å². The zero-order valence-electron chi connectivity index (χ0n) is 38.3. The van der Waals surface area contributed by atoms with Gasteiger partial charge in [-0.3, -0.25) is 9.59 Å². The first-order valence-electron chi connectivity index (χ1n) is 25.4. The molecule has 2 unspecified atom stereocenters. The van der Waals surface area contributed by atoms with Crippen molar-refractivity contribution in [3.05, 3.63) is 12.2 Å². The van der Waals surface area contributed by atoms with Gasteiger partial charge in [0.1, 0.15) is 0 Å². The maximum Gasteiger partial charge on any atom is 0.305 e. The van der Waals surface area contributed by atoms with E-state index in [9.17, 15) is 19.8 Å². The number of esters is 1. The van der Waals surface area contributed by atoms with Gasteiger partial charge >= 0.3 is 5.97 Å². The summed E-state index contributed by atoms with van der Waals surface area (Å²) in [5.41, 5.74) is 0. The molecule has 3 N–H and O–H groups in total. The maximum absolute atomic E-state index is 12.4. The van der Waals surface area contributed by atoms with Crippen LogP contribution in [-0.4, -0.2) is 47.4 Å². The summed E-state index contributed by atoms with van der Waals surface area (Å²) in [6.07, 6.45) is 53.2. The van der Waals surface area contributed by atoms with E-state index in [4.69, 9.17) is 4.74 Å². The Morgan fingerprint density at radius 3 is 1.25 bits per heavy atom. The molecule has 6 nitrogen and oxygen atoms in total. The Morgan fingerprint density at radius 2 is 0.825 bits per heavy atom. The van der Waals surface area contributed by atoms with Crippen LogP contribution < -0.4 is 5.32 Å². The molecule has 1 amide bonds. The molecule has 0 aliphatic rings. The fourth-order valence-electron chi connectivity index (χ4n) is 7.87. The van der Waals surface area contributed by atoms with E-state index in [1.807, 2.05) is 0 Å². The molecule has 0 spiro atoms. The maximum atomic E-state index is 12.4. The van der Waals surface area contributed by atoms with Crippen LogP contribution in [0, 0.1) is 0 Å². The first kappa shape index (κ1) is 55.6. The number of nitrogens with one attached hydrogen (secondary N) is 1. The van der Waals surface area contributed by atoms with E-state index in [0.717, 1.165) is 44.9 Å². The minimum absolute atomic E-state index is 0.00550. The van der Waals surface area contributed by atoms with Crippen LogP contribution in [0.5, 0.6) is 0 Å². The minimum Gasteiger partial charge on any atom is -0.466 e. The van der Waals surface area contributed by atoms with Gasteiger partial charge in [-0.2, -0.15) is 0 Å². The molecule has 0 aliphatic heterocycles. The number of rotatable bonds is 47. The second kappa shape index (κ2) is 47.3. The Kier molecular flexibility index (Phi) is 46.1. The predicted octanol–water partition coefficient (Wildman–Crippen LogP) is 15.0. The van der Waals surface area contributed by atoms with Gasteiger partial charge in [0.2, 0.25) is 5.91 Å². The van der Waals surface area contributed by atoms with E-state index < -0.39 is 12.1 Å². The van der Waals surface area contributed by atoms with Crippen molar-refractivity contribution in [3.8, 4) is 0 Å². The van der Waals surface area contributed by atoms with Crippen molar-refractivity contribution in [1.82, 2.24) is 5.32 Å². The summed E-state index contributed by atoms with van der Waals surface area (Å²) in [5, 5.41) is 23.1. The van der Waals surface area contributed by atoms with Gasteiger partial charge in [-0.1, -0.05) is 225 Å². The number of hydrogen-bond acceptors (Lipinski definition) is 5. The first-order valence-corrected chi connectivity index (χ1v) is 25.4. The van der Waals surface area contributed by atoms with Crippen molar-refractivity contribution < 1.29 is 24.5 Å². The molecule has 0 rings (SSSR count). The van der Waals surface area contributed by atoms with Crippen LogP contribution in [-0.2, 0) is 14.3 Å². The number of carbonyl (C=O) groups is 2. The summed E-state index contributed by atoms with van der Waals surface area (Å²) >= 11 is 0. The molecule has 338 valence electrons. The molecule has 0 aromatic heterocycles. The Hall–Kier alpha value is -1.40. The molecular formula is C51H99NO5. The highest BCUT2D eigenvalue weighted by atomic mass is 16.5. The predicted molar refractivity (Wildman–Crippen MR) is 246 cm³/mol. The van der Waals surface area contributed by atoms with Crippen LogP contribution in [0.3, 0.4) is 0 Å². The average molecular weight is 806 g/mol. The zero-order valence-corrected chi connectivity index (χ0v) is 38.3. The first-order chi connectivity index (χ1) is 28.0. The van der Waals surface area contributed by atoms with E-state index in [-0.39, 0.29) is 18.5 Å². The molecule has 0 aromatic carbocycles. The molecule has 0 radical (unpaired) electrons. The van der Waals surface area contributed by atoms with Gasteiger partial charge in [-0.25, -0.2) is 0 Å². The Bertz CT molecular complexity index is 847. The van der Waals surface area contributed by atoms with Crippen molar-refractivity contribution in [3.63, 3.8) is 0 Å². The highest BCUT2D eigenvalue weighted by Gasteiger charge is 2.20. The van der Waals surface area contributed by atoms with Crippen molar-refractivity contribution in [1.29, 1.82) is 0 Å². The smallest absolute Gasteiger partial charge is 0.305 e. The van der Waals surface area contributed by atoms with Gasteiger partial charge in [0.15, 0.2) is 0 Å². The fourth-order valence-corrected chi connectivity index (χ4v) is 7.87. The second-order valence-electron chi connectivity index (χ2n) is 17.5. The van der Waals surface area contributed by atoms with Gasteiger partial charge in [-0.05, 0) is 51.4 Å². The zero-order chi connectivity index (χ0) is 41.5. The van der Waals surface area contributed by atoms with Crippen LogP contribution in [0.25, 0.3) is 0 Å². The number of amides is 1. The van der Waals surface area contributed by atoms with Crippen LogP contribution in [0.2, 0.25) is 0 Å². The van der Waals surface area contributed by atoms with Crippen LogP contribution in [0.4, 0.5) is 0 Å². The topological polar surface area (TPSA) is 95.9 Å². The Labute approximate surface area is 355 Å². The van der Waals surface area contributed by atoms with Gasteiger partial charge in [-0.15, -0.1) is 0 Å². The molecule has 0 saturated carbocycles. The van der Waals surface area contributed by atoms with Gasteiger partial charge in [0.05, 0.1) is 25.4 Å². The van der Waals surface area contributed by atoms with E-state index in [1.54, 1.807) is 0 Å². The summed E-state index contributed by atoms with van der Waals surface area (Å²) in [4.78, 5) is 24.4. The normalized spacial score (nSPS) is 12.7. The van der Waals surface area contributed by atoms with E-state index in [0.29, 0.717) is 25.9 Å². The third-order valence-electron chi connectivity index (χ3n) is 11.8. The SMILES string of the molecule is CCCCCCC/C=C\CCCCCCCC(=O)OCCCCCCCCCCCCCCCCCCC(=O)NC(CO)C(O)CCCCCCCCCCCC. The molecule has 0 heterocycles.